The second-order valence-corrected chi connectivity index (χ2v) is 4.82. The van der Waals surface area contributed by atoms with Crippen LogP contribution in [0.3, 0.4) is 0 Å². The molecule has 0 saturated heterocycles. The van der Waals surface area contributed by atoms with E-state index in [0.717, 1.165) is 38.5 Å². The van der Waals surface area contributed by atoms with Gasteiger partial charge in [-0.1, -0.05) is 53.4 Å². The van der Waals surface area contributed by atoms with E-state index < -0.39 is 0 Å². The molecule has 0 aromatic heterocycles. The molecule has 128 valence electrons. The van der Waals surface area contributed by atoms with Crippen LogP contribution in [0.25, 0.3) is 11.5 Å². The Kier molecular flexibility index (Phi) is 28.8. The third kappa shape index (κ3) is 21.8. The molecule has 2 rings (SSSR count). The molecule has 23 heavy (non-hydrogen) atoms. The zero-order chi connectivity index (χ0) is 17.1. The Morgan fingerprint density at radius 3 is 1.17 bits per heavy atom. The van der Waals surface area contributed by atoms with Gasteiger partial charge in [0, 0.05) is 0 Å². The van der Waals surface area contributed by atoms with Crippen molar-refractivity contribution in [1.82, 2.24) is 0 Å². The molecule has 2 aliphatic carbocycles. The summed E-state index contributed by atoms with van der Waals surface area (Å²) in [7, 11) is 0. The Morgan fingerprint density at radius 1 is 0.783 bits per heavy atom. The van der Waals surface area contributed by atoms with Crippen LogP contribution in [0.5, 0.6) is 0 Å². The molecule has 0 unspecified atom stereocenters. The molecule has 2 N–H and O–H groups in total. The molecule has 0 aromatic carbocycles. The normalized spacial score (nSPS) is 13.3. The molecule has 0 fully saturated rings. The second kappa shape index (κ2) is 24.0. The van der Waals surface area contributed by atoms with E-state index in [0.29, 0.717) is 13.1 Å². The van der Waals surface area contributed by atoms with Crippen molar-refractivity contribution in [2.75, 3.05) is 13.1 Å². The van der Waals surface area contributed by atoms with Gasteiger partial charge in [-0.3, -0.25) is 12.2 Å². The van der Waals surface area contributed by atoms with Crippen molar-refractivity contribution in [3.63, 3.8) is 0 Å². The number of hydrogen-bond acceptors (Lipinski definition) is 0. The summed E-state index contributed by atoms with van der Waals surface area (Å²) in [5.41, 5.74) is 15.6. The summed E-state index contributed by atoms with van der Waals surface area (Å²) in [5, 5.41) is 0. The number of rotatable bonds is 4. The fourth-order valence-electron chi connectivity index (χ4n) is 1.39. The van der Waals surface area contributed by atoms with E-state index in [1.165, 1.54) is 11.1 Å². The zero-order valence-corrected chi connectivity index (χ0v) is 19.1. The average Bonchev–Trinajstić information content (AvgIpc) is 3.28. The van der Waals surface area contributed by atoms with Gasteiger partial charge >= 0.3 is 25.8 Å². The van der Waals surface area contributed by atoms with Gasteiger partial charge in [-0.05, 0) is 0 Å². The number of allylic oxidation sites excluding steroid dienone is 8. The van der Waals surface area contributed by atoms with Gasteiger partial charge in [-0.2, -0.15) is 25.2 Å². The third-order valence-electron chi connectivity index (χ3n) is 2.79. The van der Waals surface area contributed by atoms with Crippen LogP contribution in [0, 0.1) is 12.2 Å². The van der Waals surface area contributed by atoms with Crippen molar-refractivity contribution < 1.29 is 25.8 Å². The van der Waals surface area contributed by atoms with Crippen molar-refractivity contribution in [3.8, 4) is 0 Å². The molecule has 0 heterocycles. The standard InChI is InChI=1S/2C7H9.2C3H8N.Hf/c2*1-2-7-5-3-4-6-7;2*1-2-3-4;/h2*3,5H,2,4H2,1H3;2*4H,2-3H2,1H3;/q4*-1;+4. The molecule has 0 radical (unpaired) electrons. The van der Waals surface area contributed by atoms with Gasteiger partial charge in [-0.25, -0.2) is 23.3 Å². The van der Waals surface area contributed by atoms with E-state index in [1.54, 1.807) is 0 Å². The van der Waals surface area contributed by atoms with Crippen molar-refractivity contribution >= 4 is 0 Å². The smallest absolute Gasteiger partial charge is 0.677 e. The van der Waals surface area contributed by atoms with Gasteiger partial charge < -0.3 is 11.5 Å². The Hall–Kier alpha value is -0.250. The topological polar surface area (TPSA) is 47.6 Å². The summed E-state index contributed by atoms with van der Waals surface area (Å²) >= 11 is 0. The monoisotopic (exact) mass is 482 g/mol. The maximum atomic E-state index is 6.45. The maximum absolute atomic E-state index is 6.45. The zero-order valence-electron chi connectivity index (χ0n) is 15.5. The first kappa shape index (κ1) is 27.6. The summed E-state index contributed by atoms with van der Waals surface area (Å²) < 4.78 is 0. The van der Waals surface area contributed by atoms with E-state index in [-0.39, 0.29) is 25.8 Å². The fraction of sp³-hybridized carbons (Fsp3) is 0.600. The summed E-state index contributed by atoms with van der Waals surface area (Å²) in [5.74, 6) is 0. The van der Waals surface area contributed by atoms with Gasteiger partial charge in [-0.15, -0.1) is 12.8 Å². The van der Waals surface area contributed by atoms with Crippen LogP contribution >= 0.6 is 0 Å². The third-order valence-corrected chi connectivity index (χ3v) is 2.79. The van der Waals surface area contributed by atoms with Gasteiger partial charge in [0.1, 0.15) is 0 Å². The van der Waals surface area contributed by atoms with Crippen molar-refractivity contribution in [3.05, 3.63) is 59.1 Å². The van der Waals surface area contributed by atoms with Crippen LogP contribution in [0.15, 0.2) is 35.5 Å². The van der Waals surface area contributed by atoms with E-state index in [9.17, 15) is 0 Å². The number of hydrogen-bond donors (Lipinski definition) is 0. The number of nitrogens with one attached hydrogen (secondary N) is 2. The molecular weight excluding hydrogens is 447 g/mol. The van der Waals surface area contributed by atoms with Crippen LogP contribution in [-0.4, -0.2) is 13.1 Å². The summed E-state index contributed by atoms with van der Waals surface area (Å²) in [6.07, 6.45) is 21.3. The Labute approximate surface area is 164 Å². The van der Waals surface area contributed by atoms with E-state index in [1.807, 2.05) is 13.8 Å². The van der Waals surface area contributed by atoms with Crippen molar-refractivity contribution in [1.29, 1.82) is 0 Å². The minimum Gasteiger partial charge on any atom is -0.677 e. The van der Waals surface area contributed by atoms with Gasteiger partial charge in [0.05, 0.1) is 0 Å². The van der Waals surface area contributed by atoms with Gasteiger partial charge in [0.15, 0.2) is 0 Å². The second-order valence-electron chi connectivity index (χ2n) is 4.82. The summed E-state index contributed by atoms with van der Waals surface area (Å²) in [6, 6.07) is 0. The van der Waals surface area contributed by atoms with E-state index in [4.69, 9.17) is 11.5 Å². The molecule has 0 aromatic rings. The molecule has 0 spiro atoms. The van der Waals surface area contributed by atoms with Crippen LogP contribution < -0.4 is 0 Å². The molecule has 0 amide bonds. The molecule has 0 bridgehead atoms. The molecule has 2 nitrogen and oxygen atoms in total. The molecule has 0 saturated carbocycles. The Bertz CT molecular complexity index is 304. The van der Waals surface area contributed by atoms with Crippen LogP contribution in [0.1, 0.15) is 66.2 Å². The fourth-order valence-corrected chi connectivity index (χ4v) is 1.39. The molecule has 2 aliphatic rings. The predicted molar refractivity (Wildman–Crippen MR) is 101 cm³/mol. The Morgan fingerprint density at radius 2 is 1.09 bits per heavy atom. The summed E-state index contributed by atoms with van der Waals surface area (Å²) in [4.78, 5) is 0. The van der Waals surface area contributed by atoms with E-state index >= 15 is 0 Å². The summed E-state index contributed by atoms with van der Waals surface area (Å²) in [6.45, 7) is 9.43. The minimum absolute atomic E-state index is 0. The SMILES string of the molecule is CCC1=[C-]CC=C1.CCC1=[C-]CC=C1.CCC[NH-].CCC[NH-].[Hf+4]. The predicted octanol–water partition coefficient (Wildman–Crippen LogP) is 7.07. The average molecular weight is 481 g/mol. The molecule has 0 aliphatic heterocycles. The minimum atomic E-state index is 0. The molecular formula is C20H34HfN2. The van der Waals surface area contributed by atoms with Crippen molar-refractivity contribution in [2.45, 2.75) is 66.2 Å². The van der Waals surface area contributed by atoms with Crippen LogP contribution in [0.4, 0.5) is 0 Å². The maximum Gasteiger partial charge on any atom is 4.00 e. The largest absolute Gasteiger partial charge is 4.00 e. The quantitative estimate of drug-likeness (QED) is 0.305. The van der Waals surface area contributed by atoms with Gasteiger partial charge in [0.25, 0.3) is 0 Å². The van der Waals surface area contributed by atoms with Gasteiger partial charge in [0.2, 0.25) is 0 Å². The van der Waals surface area contributed by atoms with Crippen LogP contribution in [0.2, 0.25) is 0 Å². The van der Waals surface area contributed by atoms with E-state index in [2.05, 4.69) is 50.3 Å². The molecule has 3 heteroatoms. The first-order valence-electron chi connectivity index (χ1n) is 8.51. The molecule has 0 atom stereocenters. The Balaban J connectivity index is -0.000000238. The first-order chi connectivity index (χ1) is 10.7. The van der Waals surface area contributed by atoms with Crippen LogP contribution in [-0.2, 0) is 25.8 Å². The first-order valence-corrected chi connectivity index (χ1v) is 8.51. The van der Waals surface area contributed by atoms with Crippen molar-refractivity contribution in [2.24, 2.45) is 0 Å².